The number of aryl methyl sites for hydroxylation is 1. The molecule has 6 nitrogen and oxygen atoms in total. The molecule has 1 N–H and O–H groups in total. The fourth-order valence-corrected chi connectivity index (χ4v) is 3.48. The zero-order valence-corrected chi connectivity index (χ0v) is 16.3. The number of amides is 1. The predicted molar refractivity (Wildman–Crippen MR) is 108 cm³/mol. The number of hydrogen-bond donors (Lipinski definition) is 1. The molecule has 0 radical (unpaired) electrons. The van der Waals surface area contributed by atoms with Crippen LogP contribution in [0, 0.1) is 18.7 Å². The summed E-state index contributed by atoms with van der Waals surface area (Å²) in [5.74, 6) is 0.659. The summed E-state index contributed by atoms with van der Waals surface area (Å²) in [5.41, 5.74) is 2.00. The van der Waals surface area contributed by atoms with E-state index in [4.69, 9.17) is 4.52 Å². The summed E-state index contributed by atoms with van der Waals surface area (Å²) in [4.78, 5) is 19.0. The van der Waals surface area contributed by atoms with Crippen LogP contribution in [0.5, 0.6) is 0 Å². The highest BCUT2D eigenvalue weighted by atomic mass is 19.1. The van der Waals surface area contributed by atoms with Gasteiger partial charge >= 0.3 is 0 Å². The molecule has 1 fully saturated rings. The molecule has 0 aliphatic carbocycles. The number of likely N-dealkylation sites (tertiary alicyclic amines) is 1. The van der Waals surface area contributed by atoms with Crippen LogP contribution >= 0.6 is 0 Å². The minimum Gasteiger partial charge on any atom is -0.338 e. The topological polar surface area (TPSA) is 71.3 Å². The molecule has 1 aliphatic heterocycles. The zero-order valence-electron chi connectivity index (χ0n) is 16.3. The summed E-state index contributed by atoms with van der Waals surface area (Å²) in [6.45, 7) is 3.80. The number of carbonyl (C=O) groups is 1. The second-order valence-corrected chi connectivity index (χ2v) is 7.38. The largest absolute Gasteiger partial charge is 0.338 e. The Kier molecular flexibility index (Phi) is 5.67. The molecule has 1 aliphatic rings. The highest BCUT2D eigenvalue weighted by Crippen LogP contribution is 2.22. The number of carbonyl (C=O) groups excluding carboxylic acids is 1. The summed E-state index contributed by atoms with van der Waals surface area (Å²) in [7, 11) is 0. The third-order valence-corrected chi connectivity index (χ3v) is 5.26. The van der Waals surface area contributed by atoms with Gasteiger partial charge in [-0.2, -0.15) is 4.98 Å². The van der Waals surface area contributed by atoms with Crippen LogP contribution in [0.4, 0.5) is 10.1 Å². The van der Waals surface area contributed by atoms with Gasteiger partial charge in [0.1, 0.15) is 5.82 Å². The van der Waals surface area contributed by atoms with Crippen LogP contribution in [0.2, 0.25) is 0 Å². The molecule has 0 atom stereocenters. The van der Waals surface area contributed by atoms with Crippen LogP contribution in [0.1, 0.15) is 24.3 Å². The van der Waals surface area contributed by atoms with Gasteiger partial charge in [0.05, 0.1) is 6.54 Å². The van der Waals surface area contributed by atoms with Gasteiger partial charge < -0.3 is 9.84 Å². The minimum absolute atomic E-state index is 0.000218. The molecule has 0 bridgehead atoms. The van der Waals surface area contributed by atoms with Gasteiger partial charge in [-0.15, -0.1) is 0 Å². The van der Waals surface area contributed by atoms with Crippen LogP contribution in [0.3, 0.4) is 0 Å². The average molecular weight is 394 g/mol. The minimum atomic E-state index is -0.287. The number of para-hydroxylation sites is 1. The quantitative estimate of drug-likeness (QED) is 0.707. The van der Waals surface area contributed by atoms with E-state index in [0.29, 0.717) is 29.4 Å². The average Bonchev–Trinajstić information content (AvgIpc) is 3.20. The number of hydrogen-bond acceptors (Lipinski definition) is 5. The highest BCUT2D eigenvalue weighted by Gasteiger charge is 2.26. The van der Waals surface area contributed by atoms with E-state index >= 15 is 0 Å². The van der Waals surface area contributed by atoms with Crippen molar-refractivity contribution in [2.24, 2.45) is 5.92 Å². The summed E-state index contributed by atoms with van der Waals surface area (Å²) in [6, 6.07) is 14.4. The Morgan fingerprint density at radius 2 is 1.97 bits per heavy atom. The fraction of sp³-hybridized carbons (Fsp3) is 0.318. The number of aromatic nitrogens is 2. The van der Waals surface area contributed by atoms with Gasteiger partial charge in [0, 0.05) is 17.2 Å². The van der Waals surface area contributed by atoms with Crippen LogP contribution in [-0.2, 0) is 11.3 Å². The normalized spacial score (nSPS) is 15.4. The molecule has 3 aromatic rings. The van der Waals surface area contributed by atoms with Crippen LogP contribution in [0.15, 0.2) is 53.1 Å². The molecule has 150 valence electrons. The Bertz CT molecular complexity index is 981. The molecule has 0 saturated carbocycles. The first-order valence-electron chi connectivity index (χ1n) is 9.76. The molecule has 4 rings (SSSR count). The molecular formula is C22H23FN4O2. The second kappa shape index (κ2) is 8.53. The number of rotatable bonds is 5. The Morgan fingerprint density at radius 3 is 2.69 bits per heavy atom. The highest BCUT2D eigenvalue weighted by molar-refractivity contribution is 5.92. The molecule has 29 heavy (non-hydrogen) atoms. The van der Waals surface area contributed by atoms with E-state index in [-0.39, 0.29) is 17.6 Å². The van der Waals surface area contributed by atoms with Crippen LogP contribution in [-0.4, -0.2) is 34.0 Å². The van der Waals surface area contributed by atoms with E-state index in [1.807, 2.05) is 30.3 Å². The number of nitrogens with one attached hydrogen (secondary N) is 1. The lowest BCUT2D eigenvalue weighted by molar-refractivity contribution is -0.121. The number of benzene rings is 2. The van der Waals surface area contributed by atoms with E-state index in [1.54, 1.807) is 19.1 Å². The molecule has 0 spiro atoms. The van der Waals surface area contributed by atoms with Crippen molar-refractivity contribution in [2.75, 3.05) is 18.4 Å². The summed E-state index contributed by atoms with van der Waals surface area (Å²) >= 11 is 0. The van der Waals surface area contributed by atoms with E-state index in [1.165, 1.54) is 6.07 Å². The van der Waals surface area contributed by atoms with E-state index < -0.39 is 0 Å². The first-order chi connectivity index (χ1) is 14.1. The lowest BCUT2D eigenvalue weighted by Gasteiger charge is -2.30. The van der Waals surface area contributed by atoms with Crippen molar-refractivity contribution in [2.45, 2.75) is 26.3 Å². The van der Waals surface area contributed by atoms with Crippen molar-refractivity contribution in [1.82, 2.24) is 15.0 Å². The smallest absolute Gasteiger partial charge is 0.241 e. The molecule has 2 aromatic carbocycles. The van der Waals surface area contributed by atoms with Crippen molar-refractivity contribution in [3.8, 4) is 11.4 Å². The summed E-state index contributed by atoms with van der Waals surface area (Å²) in [5, 5.41) is 6.95. The monoisotopic (exact) mass is 394 g/mol. The van der Waals surface area contributed by atoms with Gasteiger partial charge in [-0.1, -0.05) is 35.5 Å². The number of nitrogens with zero attached hydrogens (tertiary/aromatic N) is 3. The third-order valence-electron chi connectivity index (χ3n) is 5.26. The Labute approximate surface area is 168 Å². The van der Waals surface area contributed by atoms with E-state index in [9.17, 15) is 9.18 Å². The maximum Gasteiger partial charge on any atom is 0.241 e. The number of halogens is 1. The van der Waals surface area contributed by atoms with Gasteiger partial charge in [-0.05, 0) is 56.6 Å². The van der Waals surface area contributed by atoms with Crippen molar-refractivity contribution in [3.05, 3.63) is 65.8 Å². The van der Waals surface area contributed by atoms with Gasteiger partial charge in [-0.3, -0.25) is 9.69 Å². The fourth-order valence-electron chi connectivity index (χ4n) is 3.48. The SMILES string of the molecule is Cc1ccc(-c2noc(CN3CCC(C(=O)Nc4ccccc4)CC3)n2)cc1F. The first-order valence-corrected chi connectivity index (χ1v) is 9.76. The van der Waals surface area contributed by atoms with Gasteiger partial charge in [0.15, 0.2) is 0 Å². The Balaban J connectivity index is 1.30. The molecular weight excluding hydrogens is 371 g/mol. The maximum atomic E-state index is 13.8. The molecule has 1 saturated heterocycles. The molecule has 1 aromatic heterocycles. The van der Waals surface area contributed by atoms with E-state index in [0.717, 1.165) is 31.6 Å². The van der Waals surface area contributed by atoms with Crippen molar-refractivity contribution >= 4 is 11.6 Å². The zero-order chi connectivity index (χ0) is 20.2. The van der Waals surface area contributed by atoms with Crippen LogP contribution < -0.4 is 5.32 Å². The summed E-state index contributed by atoms with van der Waals surface area (Å²) in [6.07, 6.45) is 1.56. The molecule has 1 amide bonds. The van der Waals surface area contributed by atoms with E-state index in [2.05, 4.69) is 20.4 Å². The third kappa shape index (κ3) is 4.68. The van der Waals surface area contributed by atoms with Gasteiger partial charge in [0.25, 0.3) is 0 Å². The molecule has 0 unspecified atom stereocenters. The Morgan fingerprint density at radius 1 is 1.21 bits per heavy atom. The van der Waals surface area contributed by atoms with Crippen molar-refractivity contribution in [1.29, 1.82) is 0 Å². The molecule has 2 heterocycles. The van der Waals surface area contributed by atoms with Crippen molar-refractivity contribution in [3.63, 3.8) is 0 Å². The predicted octanol–water partition coefficient (Wildman–Crippen LogP) is 4.03. The van der Waals surface area contributed by atoms with Gasteiger partial charge in [0.2, 0.25) is 17.6 Å². The summed E-state index contributed by atoms with van der Waals surface area (Å²) < 4.78 is 19.1. The van der Waals surface area contributed by atoms with Crippen LogP contribution in [0.25, 0.3) is 11.4 Å². The Hall–Kier alpha value is -3.06. The van der Waals surface area contributed by atoms with Crippen molar-refractivity contribution < 1.29 is 13.7 Å². The number of anilines is 1. The standard InChI is InChI=1S/C22H23FN4O2/c1-15-7-8-17(13-19(15)23)21-25-20(29-26-21)14-27-11-9-16(10-12-27)22(28)24-18-5-3-2-4-6-18/h2-8,13,16H,9-12,14H2,1H3,(H,24,28). The number of piperidine rings is 1. The molecule has 7 heteroatoms. The second-order valence-electron chi connectivity index (χ2n) is 7.38. The maximum absolute atomic E-state index is 13.8. The lowest BCUT2D eigenvalue weighted by atomic mass is 9.96. The lowest BCUT2D eigenvalue weighted by Crippen LogP contribution is -2.37. The van der Waals surface area contributed by atoms with Gasteiger partial charge in [-0.25, -0.2) is 4.39 Å². The first kappa shape index (κ1) is 19.3.